The zero-order valence-electron chi connectivity index (χ0n) is 13.0. The fourth-order valence-electron chi connectivity index (χ4n) is 2.86. The summed E-state index contributed by atoms with van der Waals surface area (Å²) in [7, 11) is -3.16. The molecule has 4 nitrogen and oxygen atoms in total. The summed E-state index contributed by atoms with van der Waals surface area (Å²) in [6, 6.07) is 7.41. The van der Waals surface area contributed by atoms with Crippen LogP contribution in [0.2, 0.25) is 0 Å². The SMILES string of the molecule is CCNCC1CCN(c2ccccc2S(=O)(=O)CC)CC1. The zero-order chi connectivity index (χ0) is 15.3. The molecular formula is C16H26N2O2S. The van der Waals surface area contributed by atoms with Gasteiger partial charge in [0, 0.05) is 13.1 Å². The number of para-hydroxylation sites is 1. The van der Waals surface area contributed by atoms with Crippen LogP contribution in [0.3, 0.4) is 0 Å². The van der Waals surface area contributed by atoms with Crippen LogP contribution in [-0.2, 0) is 9.84 Å². The molecule has 1 heterocycles. The van der Waals surface area contributed by atoms with Crippen molar-refractivity contribution in [2.75, 3.05) is 36.8 Å². The summed E-state index contributed by atoms with van der Waals surface area (Å²) < 4.78 is 24.5. The monoisotopic (exact) mass is 310 g/mol. The van der Waals surface area contributed by atoms with Crippen LogP contribution in [-0.4, -0.2) is 40.3 Å². The van der Waals surface area contributed by atoms with E-state index in [0.29, 0.717) is 10.8 Å². The highest BCUT2D eigenvalue weighted by molar-refractivity contribution is 7.91. The van der Waals surface area contributed by atoms with Gasteiger partial charge in [-0.2, -0.15) is 0 Å². The highest BCUT2D eigenvalue weighted by atomic mass is 32.2. The molecule has 2 rings (SSSR count). The van der Waals surface area contributed by atoms with Gasteiger partial charge >= 0.3 is 0 Å². The van der Waals surface area contributed by atoms with Crippen molar-refractivity contribution in [3.05, 3.63) is 24.3 Å². The average Bonchev–Trinajstić information content (AvgIpc) is 2.53. The molecular weight excluding hydrogens is 284 g/mol. The fraction of sp³-hybridized carbons (Fsp3) is 0.625. The number of rotatable bonds is 6. The Morgan fingerprint density at radius 1 is 1.19 bits per heavy atom. The molecule has 1 saturated heterocycles. The van der Waals surface area contributed by atoms with Gasteiger partial charge in [0.1, 0.15) is 0 Å². The minimum Gasteiger partial charge on any atom is -0.370 e. The summed E-state index contributed by atoms with van der Waals surface area (Å²) >= 11 is 0. The molecule has 0 unspecified atom stereocenters. The van der Waals surface area contributed by atoms with Crippen molar-refractivity contribution in [2.45, 2.75) is 31.6 Å². The topological polar surface area (TPSA) is 49.4 Å². The molecule has 0 aromatic heterocycles. The lowest BCUT2D eigenvalue weighted by atomic mass is 9.96. The van der Waals surface area contributed by atoms with Gasteiger partial charge in [0.05, 0.1) is 16.3 Å². The molecule has 1 aliphatic heterocycles. The van der Waals surface area contributed by atoms with Crippen molar-refractivity contribution in [3.8, 4) is 0 Å². The lowest BCUT2D eigenvalue weighted by molar-refractivity contribution is 0.386. The van der Waals surface area contributed by atoms with Gasteiger partial charge in [-0.3, -0.25) is 0 Å². The highest BCUT2D eigenvalue weighted by Gasteiger charge is 2.24. The molecule has 0 bridgehead atoms. The van der Waals surface area contributed by atoms with Gasteiger partial charge in [-0.15, -0.1) is 0 Å². The predicted octanol–water partition coefficient (Wildman–Crippen LogP) is 2.31. The molecule has 1 fully saturated rings. The predicted molar refractivity (Wildman–Crippen MR) is 87.6 cm³/mol. The Bertz CT molecular complexity index is 549. The van der Waals surface area contributed by atoms with Gasteiger partial charge in [0.15, 0.2) is 9.84 Å². The molecule has 0 saturated carbocycles. The second-order valence-corrected chi connectivity index (χ2v) is 7.86. The summed E-state index contributed by atoms with van der Waals surface area (Å²) in [5.41, 5.74) is 0.876. The first-order valence-electron chi connectivity index (χ1n) is 7.86. The van der Waals surface area contributed by atoms with Crippen LogP contribution >= 0.6 is 0 Å². The molecule has 0 spiro atoms. The number of piperidine rings is 1. The molecule has 21 heavy (non-hydrogen) atoms. The van der Waals surface area contributed by atoms with Crippen LogP contribution in [0.15, 0.2) is 29.2 Å². The van der Waals surface area contributed by atoms with Crippen molar-refractivity contribution in [1.82, 2.24) is 5.32 Å². The van der Waals surface area contributed by atoms with Crippen LogP contribution < -0.4 is 10.2 Å². The van der Waals surface area contributed by atoms with E-state index in [1.54, 1.807) is 13.0 Å². The van der Waals surface area contributed by atoms with Crippen molar-refractivity contribution in [2.24, 2.45) is 5.92 Å². The lowest BCUT2D eigenvalue weighted by Gasteiger charge is -2.34. The number of sulfone groups is 1. The van der Waals surface area contributed by atoms with E-state index in [2.05, 4.69) is 17.1 Å². The Morgan fingerprint density at radius 3 is 2.48 bits per heavy atom. The summed E-state index contributed by atoms with van der Waals surface area (Å²) in [5, 5.41) is 3.40. The summed E-state index contributed by atoms with van der Waals surface area (Å²) in [6.45, 7) is 7.78. The van der Waals surface area contributed by atoms with Crippen molar-refractivity contribution >= 4 is 15.5 Å². The number of benzene rings is 1. The summed E-state index contributed by atoms with van der Waals surface area (Å²) in [5.74, 6) is 0.858. The third kappa shape index (κ3) is 3.98. The van der Waals surface area contributed by atoms with E-state index >= 15 is 0 Å². The standard InChI is InChI=1S/C16H26N2O2S/c1-3-17-13-14-9-11-18(12-10-14)15-7-5-6-8-16(15)21(19,20)4-2/h5-8,14,17H,3-4,9-13H2,1-2H3. The lowest BCUT2D eigenvalue weighted by Crippen LogP contribution is -2.37. The third-order valence-electron chi connectivity index (χ3n) is 4.22. The average molecular weight is 310 g/mol. The van der Waals surface area contributed by atoms with E-state index in [-0.39, 0.29) is 5.75 Å². The van der Waals surface area contributed by atoms with Gasteiger partial charge in [-0.1, -0.05) is 26.0 Å². The molecule has 0 aliphatic carbocycles. The van der Waals surface area contributed by atoms with E-state index in [9.17, 15) is 8.42 Å². The first-order chi connectivity index (χ1) is 10.1. The zero-order valence-corrected chi connectivity index (χ0v) is 13.8. The Kier molecular flexibility index (Phi) is 5.65. The Balaban J connectivity index is 2.11. The summed E-state index contributed by atoms with van der Waals surface area (Å²) in [6.07, 6.45) is 2.24. The van der Waals surface area contributed by atoms with Crippen LogP contribution in [0.1, 0.15) is 26.7 Å². The normalized spacial score (nSPS) is 17.1. The first kappa shape index (κ1) is 16.3. The van der Waals surface area contributed by atoms with E-state index in [4.69, 9.17) is 0 Å². The maximum absolute atomic E-state index is 12.2. The first-order valence-corrected chi connectivity index (χ1v) is 9.51. The maximum Gasteiger partial charge on any atom is 0.180 e. The second kappa shape index (κ2) is 7.27. The number of hydrogen-bond donors (Lipinski definition) is 1. The van der Waals surface area contributed by atoms with Crippen molar-refractivity contribution in [1.29, 1.82) is 0 Å². The number of hydrogen-bond acceptors (Lipinski definition) is 4. The van der Waals surface area contributed by atoms with Gasteiger partial charge in [0.25, 0.3) is 0 Å². The van der Waals surface area contributed by atoms with Crippen molar-refractivity contribution < 1.29 is 8.42 Å². The quantitative estimate of drug-likeness (QED) is 0.876. The Morgan fingerprint density at radius 2 is 1.86 bits per heavy atom. The molecule has 0 amide bonds. The molecule has 0 radical (unpaired) electrons. The molecule has 1 aromatic carbocycles. The van der Waals surface area contributed by atoms with Crippen LogP contribution in [0.25, 0.3) is 0 Å². The largest absolute Gasteiger partial charge is 0.370 e. The highest BCUT2D eigenvalue weighted by Crippen LogP contribution is 2.29. The molecule has 5 heteroatoms. The minimum absolute atomic E-state index is 0.154. The molecule has 0 atom stereocenters. The number of anilines is 1. The van der Waals surface area contributed by atoms with Gasteiger partial charge in [-0.25, -0.2) is 8.42 Å². The van der Waals surface area contributed by atoms with Crippen molar-refractivity contribution in [3.63, 3.8) is 0 Å². The van der Waals surface area contributed by atoms with Gasteiger partial charge < -0.3 is 10.2 Å². The number of nitrogens with zero attached hydrogens (tertiary/aromatic N) is 1. The van der Waals surface area contributed by atoms with E-state index in [0.717, 1.165) is 44.7 Å². The van der Waals surface area contributed by atoms with Crippen LogP contribution in [0.5, 0.6) is 0 Å². The Hall–Kier alpha value is -1.07. The third-order valence-corrected chi connectivity index (χ3v) is 5.99. The number of nitrogens with one attached hydrogen (secondary N) is 1. The smallest absolute Gasteiger partial charge is 0.180 e. The molecule has 1 N–H and O–H groups in total. The van der Waals surface area contributed by atoms with Gasteiger partial charge in [-0.05, 0) is 44.0 Å². The van der Waals surface area contributed by atoms with E-state index < -0.39 is 9.84 Å². The van der Waals surface area contributed by atoms with Crippen LogP contribution in [0, 0.1) is 5.92 Å². The Labute approximate surface area is 128 Å². The van der Waals surface area contributed by atoms with Gasteiger partial charge in [0.2, 0.25) is 0 Å². The second-order valence-electron chi connectivity index (χ2n) is 5.61. The maximum atomic E-state index is 12.2. The van der Waals surface area contributed by atoms with E-state index in [1.807, 2.05) is 18.2 Å². The molecule has 1 aliphatic rings. The fourth-order valence-corrected chi connectivity index (χ4v) is 3.98. The molecule has 118 valence electrons. The van der Waals surface area contributed by atoms with Crippen LogP contribution in [0.4, 0.5) is 5.69 Å². The summed E-state index contributed by atoms with van der Waals surface area (Å²) in [4.78, 5) is 2.71. The van der Waals surface area contributed by atoms with E-state index in [1.165, 1.54) is 0 Å². The minimum atomic E-state index is -3.16. The molecule has 1 aromatic rings.